The predicted octanol–water partition coefficient (Wildman–Crippen LogP) is 3.88. The van der Waals surface area contributed by atoms with Gasteiger partial charge < -0.3 is 9.84 Å². The Bertz CT molecular complexity index is 636. The zero-order valence-corrected chi connectivity index (χ0v) is 15.7. The molecule has 1 aromatic carbocycles. The molecule has 1 aliphatic rings. The third-order valence-corrected chi connectivity index (χ3v) is 6.26. The van der Waals surface area contributed by atoms with E-state index >= 15 is 0 Å². The van der Waals surface area contributed by atoms with Crippen LogP contribution in [0.1, 0.15) is 44.1 Å². The van der Waals surface area contributed by atoms with Crippen LogP contribution in [-0.4, -0.2) is 30.9 Å². The van der Waals surface area contributed by atoms with Crippen molar-refractivity contribution in [2.45, 2.75) is 57.1 Å². The molecule has 0 aromatic heterocycles. The first-order valence-electron chi connectivity index (χ1n) is 8.96. The number of carbonyl (C=O) groups is 1. The molecule has 25 heavy (non-hydrogen) atoms. The minimum absolute atomic E-state index is 0.0813. The number of hydrogen-bond acceptors (Lipinski definition) is 4. The van der Waals surface area contributed by atoms with Gasteiger partial charge in [-0.05, 0) is 24.8 Å². The molecule has 136 valence electrons. The highest BCUT2D eigenvalue weighted by Crippen LogP contribution is 2.46. The van der Waals surface area contributed by atoms with E-state index in [1.165, 1.54) is 6.42 Å². The number of nitriles is 1. The number of nitrogens with zero attached hydrogens (tertiary/aromatic N) is 1. The van der Waals surface area contributed by atoms with Crippen LogP contribution >= 0.6 is 7.37 Å². The fourth-order valence-corrected chi connectivity index (χ4v) is 4.77. The molecule has 1 aliphatic carbocycles. The van der Waals surface area contributed by atoms with Crippen LogP contribution in [0.3, 0.4) is 0 Å². The molecule has 2 rings (SSSR count). The minimum atomic E-state index is -2.74. The van der Waals surface area contributed by atoms with Gasteiger partial charge >= 0.3 is 0 Å². The normalized spacial score (nSPS) is 18.7. The van der Waals surface area contributed by atoms with Crippen molar-refractivity contribution in [3.63, 3.8) is 0 Å². The SMILES string of the molecule is CP(=O)(CCC(C#N)NC(=O)Cc1ccccc1)OC1CCCCC1. The van der Waals surface area contributed by atoms with Gasteiger partial charge in [-0.25, -0.2) is 0 Å². The molecular weight excluding hydrogens is 335 g/mol. The van der Waals surface area contributed by atoms with Gasteiger partial charge in [-0.1, -0.05) is 49.6 Å². The molecule has 2 atom stereocenters. The first kappa shape index (κ1) is 19.7. The summed E-state index contributed by atoms with van der Waals surface area (Å²) in [4.78, 5) is 12.1. The number of benzene rings is 1. The maximum absolute atomic E-state index is 12.6. The molecule has 0 heterocycles. The van der Waals surface area contributed by atoms with Crippen molar-refractivity contribution in [2.24, 2.45) is 0 Å². The molecule has 0 spiro atoms. The van der Waals surface area contributed by atoms with Crippen molar-refractivity contribution < 1.29 is 13.9 Å². The van der Waals surface area contributed by atoms with E-state index in [1.54, 1.807) is 6.66 Å². The first-order chi connectivity index (χ1) is 12.0. The third-order valence-electron chi connectivity index (χ3n) is 4.45. The highest BCUT2D eigenvalue weighted by atomic mass is 31.2. The Labute approximate surface area is 150 Å². The fourth-order valence-electron chi connectivity index (χ4n) is 3.10. The van der Waals surface area contributed by atoms with E-state index in [4.69, 9.17) is 4.52 Å². The summed E-state index contributed by atoms with van der Waals surface area (Å²) in [6, 6.07) is 10.8. The summed E-state index contributed by atoms with van der Waals surface area (Å²) in [5.41, 5.74) is 0.901. The first-order valence-corrected chi connectivity index (χ1v) is 11.2. The topological polar surface area (TPSA) is 79.2 Å². The summed E-state index contributed by atoms with van der Waals surface area (Å²) in [7, 11) is -2.74. The van der Waals surface area contributed by atoms with Crippen LogP contribution in [0.15, 0.2) is 30.3 Å². The van der Waals surface area contributed by atoms with Gasteiger partial charge in [-0.3, -0.25) is 9.36 Å². The quantitative estimate of drug-likeness (QED) is 0.712. The average molecular weight is 362 g/mol. The number of amides is 1. The highest BCUT2D eigenvalue weighted by Gasteiger charge is 2.25. The van der Waals surface area contributed by atoms with E-state index in [0.717, 1.165) is 31.2 Å². The summed E-state index contributed by atoms with van der Waals surface area (Å²) >= 11 is 0. The van der Waals surface area contributed by atoms with Crippen LogP contribution in [0.25, 0.3) is 0 Å². The lowest BCUT2D eigenvalue weighted by molar-refractivity contribution is -0.120. The smallest absolute Gasteiger partial charge is 0.225 e. The Balaban J connectivity index is 1.77. The second kappa shape index (κ2) is 9.75. The summed E-state index contributed by atoms with van der Waals surface area (Å²) in [5, 5.41) is 12.0. The van der Waals surface area contributed by atoms with E-state index in [1.807, 2.05) is 30.3 Å². The van der Waals surface area contributed by atoms with Crippen LogP contribution in [0.5, 0.6) is 0 Å². The molecular formula is C19H27N2O3P. The zero-order valence-electron chi connectivity index (χ0n) is 14.8. The lowest BCUT2D eigenvalue weighted by Gasteiger charge is -2.26. The Morgan fingerprint density at radius 3 is 2.64 bits per heavy atom. The van der Waals surface area contributed by atoms with Crippen molar-refractivity contribution in [3.05, 3.63) is 35.9 Å². The molecule has 1 N–H and O–H groups in total. The Hall–Kier alpha value is -1.63. The van der Waals surface area contributed by atoms with Gasteiger partial charge in [0.2, 0.25) is 13.3 Å². The van der Waals surface area contributed by atoms with Crippen molar-refractivity contribution in [3.8, 4) is 6.07 Å². The standard InChI is InChI=1S/C19H27N2O3P/c1-25(23,24-18-10-6-3-7-11-18)13-12-17(15-20)21-19(22)14-16-8-4-2-5-9-16/h2,4-5,8-9,17-18H,3,6-7,10-14H2,1H3,(H,21,22). The summed E-state index contributed by atoms with van der Waals surface area (Å²) < 4.78 is 18.4. The molecule has 0 aliphatic heterocycles. The molecule has 1 fully saturated rings. The fraction of sp³-hybridized carbons (Fsp3) is 0.579. The Morgan fingerprint density at radius 1 is 1.32 bits per heavy atom. The Morgan fingerprint density at radius 2 is 2.00 bits per heavy atom. The third kappa shape index (κ3) is 7.42. The molecule has 1 saturated carbocycles. The average Bonchev–Trinajstić information content (AvgIpc) is 2.60. The predicted molar refractivity (Wildman–Crippen MR) is 98.7 cm³/mol. The van der Waals surface area contributed by atoms with E-state index in [2.05, 4.69) is 11.4 Å². The summed E-state index contributed by atoms with van der Waals surface area (Å²) in [5.74, 6) is -0.197. The molecule has 2 unspecified atom stereocenters. The molecule has 0 saturated heterocycles. The van der Waals surface area contributed by atoms with Gasteiger partial charge in [0.25, 0.3) is 0 Å². The largest absolute Gasteiger partial charge is 0.340 e. The van der Waals surface area contributed by atoms with Crippen LogP contribution in [-0.2, 0) is 20.3 Å². The monoisotopic (exact) mass is 362 g/mol. The Kier molecular flexibility index (Phi) is 7.68. The van der Waals surface area contributed by atoms with Gasteiger partial charge in [0, 0.05) is 12.8 Å². The van der Waals surface area contributed by atoms with Crippen molar-refractivity contribution in [2.75, 3.05) is 12.8 Å². The number of nitrogens with one attached hydrogen (secondary N) is 1. The van der Waals surface area contributed by atoms with Gasteiger partial charge in [0.05, 0.1) is 18.6 Å². The van der Waals surface area contributed by atoms with E-state index in [-0.39, 0.29) is 18.4 Å². The molecule has 6 heteroatoms. The lowest BCUT2D eigenvalue weighted by atomic mass is 9.98. The van der Waals surface area contributed by atoms with Crippen LogP contribution < -0.4 is 5.32 Å². The van der Waals surface area contributed by atoms with Crippen molar-refractivity contribution >= 4 is 13.3 Å². The van der Waals surface area contributed by atoms with Gasteiger partial charge in [0.15, 0.2) is 0 Å². The summed E-state index contributed by atoms with van der Waals surface area (Å²) in [6.45, 7) is 1.64. The molecule has 0 radical (unpaired) electrons. The van der Waals surface area contributed by atoms with Gasteiger partial charge in [-0.2, -0.15) is 5.26 Å². The number of rotatable bonds is 8. The maximum atomic E-state index is 12.6. The zero-order chi connectivity index (χ0) is 18.1. The minimum Gasteiger partial charge on any atom is -0.340 e. The molecule has 0 bridgehead atoms. The lowest BCUT2D eigenvalue weighted by Crippen LogP contribution is -2.35. The van der Waals surface area contributed by atoms with Crippen molar-refractivity contribution in [1.82, 2.24) is 5.32 Å². The van der Waals surface area contributed by atoms with Gasteiger partial charge in [0.1, 0.15) is 6.04 Å². The number of hydrogen-bond donors (Lipinski definition) is 1. The number of carbonyl (C=O) groups excluding carboxylic acids is 1. The highest BCUT2D eigenvalue weighted by molar-refractivity contribution is 7.58. The molecule has 1 amide bonds. The van der Waals surface area contributed by atoms with Crippen LogP contribution in [0.4, 0.5) is 0 Å². The van der Waals surface area contributed by atoms with Crippen LogP contribution in [0.2, 0.25) is 0 Å². The summed E-state index contributed by atoms with van der Waals surface area (Å²) in [6.07, 6.45) is 6.38. The molecule has 1 aromatic rings. The van der Waals surface area contributed by atoms with E-state index < -0.39 is 13.4 Å². The van der Waals surface area contributed by atoms with E-state index in [9.17, 15) is 14.6 Å². The second-order valence-corrected chi connectivity index (χ2v) is 9.49. The van der Waals surface area contributed by atoms with E-state index in [0.29, 0.717) is 12.6 Å². The maximum Gasteiger partial charge on any atom is 0.225 e. The van der Waals surface area contributed by atoms with Crippen molar-refractivity contribution in [1.29, 1.82) is 5.26 Å². The second-order valence-electron chi connectivity index (χ2n) is 6.80. The molecule has 5 nitrogen and oxygen atoms in total. The van der Waals surface area contributed by atoms with Gasteiger partial charge in [-0.15, -0.1) is 0 Å². The van der Waals surface area contributed by atoms with Crippen LogP contribution in [0, 0.1) is 11.3 Å².